The van der Waals surface area contributed by atoms with Gasteiger partial charge in [0, 0.05) is 19.5 Å². The molecule has 1 unspecified atom stereocenters. The lowest BCUT2D eigenvalue weighted by molar-refractivity contribution is -0.139. The zero-order chi connectivity index (χ0) is 27.2. The molecule has 1 heterocycles. The molecule has 12 nitrogen and oxygen atoms in total. The van der Waals surface area contributed by atoms with E-state index in [4.69, 9.17) is 14.2 Å². The summed E-state index contributed by atoms with van der Waals surface area (Å²) in [6.07, 6.45) is -0.861. The molecule has 1 atom stereocenters. The van der Waals surface area contributed by atoms with Crippen molar-refractivity contribution in [1.29, 1.82) is 0 Å². The average Bonchev–Trinajstić information content (AvgIpc) is 3.04. The fourth-order valence-electron chi connectivity index (χ4n) is 2.78. The number of aliphatic carboxylic acids is 1. The quantitative estimate of drug-likeness (QED) is 0.229. The molecule has 0 saturated heterocycles. The lowest BCUT2D eigenvalue weighted by atomic mass is 10.1. The molecule has 0 radical (unpaired) electrons. The lowest BCUT2D eigenvalue weighted by Crippen LogP contribution is -2.46. The second-order valence-corrected chi connectivity index (χ2v) is 11.0. The summed E-state index contributed by atoms with van der Waals surface area (Å²) in [6, 6.07) is -1.24. The van der Waals surface area contributed by atoms with Crippen LogP contribution in [0, 0.1) is 0 Å². The highest BCUT2D eigenvalue weighted by Gasteiger charge is 2.29. The average molecular weight is 499 g/mol. The Labute approximate surface area is 206 Å². The van der Waals surface area contributed by atoms with E-state index in [1.54, 1.807) is 73.3 Å². The first kappa shape index (κ1) is 29.7. The molecule has 35 heavy (non-hydrogen) atoms. The third-order valence-electron chi connectivity index (χ3n) is 3.95. The molecule has 0 aromatic carbocycles. The summed E-state index contributed by atoms with van der Waals surface area (Å²) in [7, 11) is 0. The third-order valence-corrected chi connectivity index (χ3v) is 3.95. The first-order valence-corrected chi connectivity index (χ1v) is 11.2. The van der Waals surface area contributed by atoms with Crippen LogP contribution in [-0.4, -0.2) is 76.1 Å². The van der Waals surface area contributed by atoms with Crippen molar-refractivity contribution in [3.63, 3.8) is 0 Å². The number of carbonyl (C=O) groups is 4. The maximum absolute atomic E-state index is 12.3. The van der Waals surface area contributed by atoms with Crippen LogP contribution >= 0.6 is 0 Å². The number of hydrogen-bond acceptors (Lipinski definition) is 7. The SMILES string of the molecule is CC(C)(C)OC(=O)N=C(NC(=O)OC(C)(C)C)N1CC=C(CC(NC(=O)OC(C)(C)C)C(=O)O)C1. The number of amides is 3. The molecular weight excluding hydrogens is 460 g/mol. The number of carboxylic acids is 1. The molecule has 12 heteroatoms. The molecule has 0 bridgehead atoms. The minimum atomic E-state index is -1.24. The molecule has 0 saturated carbocycles. The van der Waals surface area contributed by atoms with Gasteiger partial charge in [-0.05, 0) is 62.3 Å². The molecule has 0 aromatic rings. The van der Waals surface area contributed by atoms with Crippen LogP contribution in [0.25, 0.3) is 0 Å². The van der Waals surface area contributed by atoms with Crippen molar-refractivity contribution in [3.8, 4) is 0 Å². The van der Waals surface area contributed by atoms with Gasteiger partial charge < -0.3 is 29.5 Å². The van der Waals surface area contributed by atoms with Gasteiger partial charge in [-0.2, -0.15) is 0 Å². The number of carboxylic acid groups (broad SMARTS) is 1. The summed E-state index contributed by atoms with van der Waals surface area (Å²) in [5, 5.41) is 14.3. The number of rotatable bonds is 4. The number of guanidine groups is 1. The fourth-order valence-corrected chi connectivity index (χ4v) is 2.78. The predicted molar refractivity (Wildman–Crippen MR) is 128 cm³/mol. The van der Waals surface area contributed by atoms with Gasteiger partial charge in [0.2, 0.25) is 5.96 Å². The molecule has 3 N–H and O–H groups in total. The van der Waals surface area contributed by atoms with Crippen molar-refractivity contribution in [2.24, 2.45) is 4.99 Å². The van der Waals surface area contributed by atoms with E-state index in [1.165, 1.54) is 0 Å². The lowest BCUT2D eigenvalue weighted by Gasteiger charge is -2.25. The summed E-state index contributed by atoms with van der Waals surface area (Å²) >= 11 is 0. The minimum Gasteiger partial charge on any atom is -0.480 e. The van der Waals surface area contributed by atoms with Gasteiger partial charge in [-0.25, -0.2) is 19.2 Å². The molecule has 0 spiro atoms. The van der Waals surface area contributed by atoms with Crippen LogP contribution in [0.15, 0.2) is 16.6 Å². The molecule has 0 fully saturated rings. The molecule has 3 amide bonds. The van der Waals surface area contributed by atoms with Crippen molar-refractivity contribution >= 4 is 30.2 Å². The van der Waals surface area contributed by atoms with Gasteiger partial charge in [0.1, 0.15) is 22.8 Å². The molecule has 1 aliphatic heterocycles. The van der Waals surface area contributed by atoms with Crippen molar-refractivity contribution in [2.45, 2.75) is 91.6 Å². The van der Waals surface area contributed by atoms with Crippen LogP contribution in [0.3, 0.4) is 0 Å². The van der Waals surface area contributed by atoms with Crippen molar-refractivity contribution in [2.75, 3.05) is 13.1 Å². The van der Waals surface area contributed by atoms with Crippen LogP contribution in [0.2, 0.25) is 0 Å². The Balaban J connectivity index is 2.96. The highest BCUT2D eigenvalue weighted by atomic mass is 16.6. The number of ether oxygens (including phenoxy) is 3. The van der Waals surface area contributed by atoms with Crippen LogP contribution in [-0.2, 0) is 19.0 Å². The van der Waals surface area contributed by atoms with Gasteiger partial charge in [-0.15, -0.1) is 4.99 Å². The number of carbonyl (C=O) groups excluding carboxylic acids is 3. The number of aliphatic imine (C=N–C) groups is 1. The van der Waals surface area contributed by atoms with E-state index in [0.717, 1.165) is 0 Å². The van der Waals surface area contributed by atoms with Crippen molar-refractivity contribution in [3.05, 3.63) is 11.6 Å². The summed E-state index contributed by atoms with van der Waals surface area (Å²) in [6.45, 7) is 15.5. The van der Waals surface area contributed by atoms with E-state index in [1.807, 2.05) is 0 Å². The Kier molecular flexibility index (Phi) is 9.69. The molecule has 0 aromatic heterocycles. The third kappa shape index (κ3) is 12.6. The number of nitrogens with one attached hydrogen (secondary N) is 2. The van der Waals surface area contributed by atoms with E-state index in [9.17, 15) is 24.3 Å². The smallest absolute Gasteiger partial charge is 0.437 e. The first-order chi connectivity index (χ1) is 15.7. The topological polar surface area (TPSA) is 156 Å². The van der Waals surface area contributed by atoms with E-state index in [2.05, 4.69) is 15.6 Å². The van der Waals surface area contributed by atoms with Crippen LogP contribution in [0.4, 0.5) is 14.4 Å². The molecular formula is C23H38N4O8. The molecule has 198 valence electrons. The Hall–Kier alpha value is -3.31. The first-order valence-electron chi connectivity index (χ1n) is 11.2. The fraction of sp³-hybridized carbons (Fsp3) is 0.696. The second-order valence-electron chi connectivity index (χ2n) is 11.0. The maximum atomic E-state index is 12.3. The highest BCUT2D eigenvalue weighted by molar-refractivity contribution is 5.99. The van der Waals surface area contributed by atoms with E-state index < -0.39 is 47.1 Å². The molecule has 1 rings (SSSR count). The summed E-state index contributed by atoms with van der Waals surface area (Å²) in [4.78, 5) is 53.8. The number of hydrogen-bond donors (Lipinski definition) is 3. The normalized spacial score (nSPS) is 15.6. The van der Waals surface area contributed by atoms with E-state index in [-0.39, 0.29) is 25.5 Å². The predicted octanol–water partition coefficient (Wildman–Crippen LogP) is 3.41. The van der Waals surface area contributed by atoms with Gasteiger partial charge in [-0.1, -0.05) is 11.6 Å². The molecule has 1 aliphatic rings. The number of nitrogens with zero attached hydrogens (tertiary/aromatic N) is 2. The van der Waals surface area contributed by atoms with Crippen LogP contribution in [0.5, 0.6) is 0 Å². The maximum Gasteiger partial charge on any atom is 0.437 e. The summed E-state index contributed by atoms with van der Waals surface area (Å²) in [5.41, 5.74) is -1.71. The van der Waals surface area contributed by atoms with Crippen LogP contribution in [0.1, 0.15) is 68.7 Å². The van der Waals surface area contributed by atoms with Crippen LogP contribution < -0.4 is 10.6 Å². The Morgan fingerprint density at radius 1 is 0.943 bits per heavy atom. The van der Waals surface area contributed by atoms with E-state index >= 15 is 0 Å². The van der Waals surface area contributed by atoms with Crippen molar-refractivity contribution in [1.82, 2.24) is 15.5 Å². The number of alkyl carbamates (subject to hydrolysis) is 2. The van der Waals surface area contributed by atoms with Gasteiger partial charge in [-0.3, -0.25) is 5.32 Å². The largest absolute Gasteiger partial charge is 0.480 e. The summed E-state index contributed by atoms with van der Waals surface area (Å²) in [5.74, 6) is -1.34. The standard InChI is InChI=1S/C23H38N4O8/c1-21(2,3)33-18(30)24-15(16(28)29)12-14-10-11-27(13-14)17(25-19(31)34-22(4,5)6)26-20(32)35-23(7,8)9/h10,15H,11-13H2,1-9H3,(H,24,30)(H,28,29)(H,25,26,31,32). The Morgan fingerprint density at radius 2 is 1.46 bits per heavy atom. The zero-order valence-electron chi connectivity index (χ0n) is 22.0. The summed E-state index contributed by atoms with van der Waals surface area (Å²) < 4.78 is 15.6. The van der Waals surface area contributed by atoms with Gasteiger partial charge >= 0.3 is 24.2 Å². The minimum absolute atomic E-state index is 0.0166. The highest BCUT2D eigenvalue weighted by Crippen LogP contribution is 2.17. The monoisotopic (exact) mass is 498 g/mol. The Morgan fingerprint density at radius 3 is 1.94 bits per heavy atom. The second kappa shape index (κ2) is 11.4. The van der Waals surface area contributed by atoms with Crippen molar-refractivity contribution < 1.29 is 38.5 Å². The van der Waals surface area contributed by atoms with Gasteiger partial charge in [0.05, 0.1) is 0 Å². The van der Waals surface area contributed by atoms with Gasteiger partial charge in [0.15, 0.2) is 0 Å². The Bertz CT molecular complexity index is 875. The zero-order valence-corrected chi connectivity index (χ0v) is 22.0. The molecule has 0 aliphatic carbocycles. The van der Waals surface area contributed by atoms with E-state index in [0.29, 0.717) is 5.57 Å². The van der Waals surface area contributed by atoms with Gasteiger partial charge in [0.25, 0.3) is 0 Å².